The zero-order valence-electron chi connectivity index (χ0n) is 10.8. The summed E-state index contributed by atoms with van der Waals surface area (Å²) in [5.74, 6) is -0.883. The van der Waals surface area contributed by atoms with Gasteiger partial charge in [0.15, 0.2) is 0 Å². The van der Waals surface area contributed by atoms with Crippen molar-refractivity contribution in [2.75, 3.05) is 18.8 Å². The highest BCUT2D eigenvalue weighted by Gasteiger charge is 2.45. The van der Waals surface area contributed by atoms with Crippen molar-refractivity contribution in [3.05, 3.63) is 18.5 Å². The van der Waals surface area contributed by atoms with E-state index in [2.05, 4.69) is 5.10 Å². The third-order valence-electron chi connectivity index (χ3n) is 3.46. The van der Waals surface area contributed by atoms with Gasteiger partial charge in [0, 0.05) is 25.0 Å². The van der Waals surface area contributed by atoms with E-state index < -0.39 is 21.1 Å². The average Bonchev–Trinajstić information content (AvgIpc) is 2.97. The molecule has 0 bridgehead atoms. The second kappa shape index (κ2) is 5.72. The van der Waals surface area contributed by atoms with Gasteiger partial charge in [0.2, 0.25) is 9.84 Å². The van der Waals surface area contributed by atoms with Crippen molar-refractivity contribution in [2.45, 2.75) is 30.9 Å². The van der Waals surface area contributed by atoms with E-state index >= 15 is 0 Å². The smallest absolute Gasteiger partial charge is 0.298 e. The molecule has 0 N–H and O–H groups in total. The van der Waals surface area contributed by atoms with Gasteiger partial charge in [0.25, 0.3) is 0 Å². The van der Waals surface area contributed by atoms with Crippen molar-refractivity contribution in [2.24, 2.45) is 0 Å². The topological polar surface area (TPSA) is 55.2 Å². The molecule has 2 rings (SSSR count). The highest BCUT2D eigenvalue weighted by Crippen LogP contribution is 2.25. The van der Waals surface area contributed by atoms with Crippen LogP contribution in [0.25, 0.3) is 0 Å². The van der Waals surface area contributed by atoms with Gasteiger partial charge < -0.3 is 0 Å². The monoisotopic (exact) mass is 311 g/mol. The molecular formula is C11H16F3N3O2S. The Morgan fingerprint density at radius 2 is 2.10 bits per heavy atom. The van der Waals surface area contributed by atoms with Crippen molar-refractivity contribution in [1.82, 2.24) is 14.7 Å². The molecule has 1 saturated heterocycles. The van der Waals surface area contributed by atoms with E-state index in [0.717, 1.165) is 12.8 Å². The molecule has 0 radical (unpaired) electrons. The van der Waals surface area contributed by atoms with E-state index in [0.29, 0.717) is 13.1 Å². The average molecular weight is 311 g/mol. The summed E-state index contributed by atoms with van der Waals surface area (Å²) in [5, 5.41) is 4.05. The van der Waals surface area contributed by atoms with Gasteiger partial charge in [-0.3, -0.25) is 9.58 Å². The van der Waals surface area contributed by atoms with Crippen LogP contribution in [0, 0.1) is 0 Å². The van der Waals surface area contributed by atoms with Crippen molar-refractivity contribution in [1.29, 1.82) is 0 Å². The summed E-state index contributed by atoms with van der Waals surface area (Å²) in [5.41, 5.74) is -5.16. The van der Waals surface area contributed by atoms with Crippen LogP contribution in [0.5, 0.6) is 0 Å². The summed E-state index contributed by atoms with van der Waals surface area (Å²) in [4.78, 5) is 1.80. The first kappa shape index (κ1) is 15.3. The van der Waals surface area contributed by atoms with Gasteiger partial charge in [-0.25, -0.2) is 8.42 Å². The number of nitrogens with zero attached hydrogens (tertiary/aromatic N) is 3. The highest BCUT2D eigenvalue weighted by molar-refractivity contribution is 7.92. The minimum absolute atomic E-state index is 0.0401. The van der Waals surface area contributed by atoms with Crippen LogP contribution in [0.15, 0.2) is 18.5 Å². The third kappa shape index (κ3) is 3.51. The lowest BCUT2D eigenvalue weighted by atomic mass is 10.2. The SMILES string of the molecule is O=S(=O)(CCN1CCC[C@H]1Cn1cccn1)C(F)(F)F. The lowest BCUT2D eigenvalue weighted by Gasteiger charge is -2.24. The van der Waals surface area contributed by atoms with Crippen LogP contribution >= 0.6 is 0 Å². The van der Waals surface area contributed by atoms with Gasteiger partial charge in [-0.05, 0) is 25.5 Å². The maximum absolute atomic E-state index is 12.3. The quantitative estimate of drug-likeness (QED) is 0.822. The maximum Gasteiger partial charge on any atom is 0.497 e. The standard InChI is InChI=1S/C11H16F3N3O2S/c12-11(13,14)20(18,19)8-7-16-5-1-3-10(16)9-17-6-2-4-15-17/h2,4,6,10H,1,3,5,7-9H2/t10-/m0/s1. The largest absolute Gasteiger partial charge is 0.497 e. The molecule has 2 heterocycles. The van der Waals surface area contributed by atoms with Crippen molar-refractivity contribution in [3.8, 4) is 0 Å². The molecule has 9 heteroatoms. The zero-order chi connectivity index (χ0) is 14.8. The summed E-state index contributed by atoms with van der Waals surface area (Å²) >= 11 is 0. The summed E-state index contributed by atoms with van der Waals surface area (Å²) in [7, 11) is -5.03. The van der Waals surface area contributed by atoms with Gasteiger partial charge in [-0.15, -0.1) is 0 Å². The van der Waals surface area contributed by atoms with Crippen LogP contribution in [0.4, 0.5) is 13.2 Å². The Morgan fingerprint density at radius 3 is 2.70 bits per heavy atom. The first-order chi connectivity index (χ1) is 9.29. The van der Waals surface area contributed by atoms with Gasteiger partial charge in [0.05, 0.1) is 12.3 Å². The fourth-order valence-electron chi connectivity index (χ4n) is 2.37. The number of rotatable bonds is 5. The van der Waals surface area contributed by atoms with E-state index in [1.807, 2.05) is 0 Å². The van der Waals surface area contributed by atoms with Crippen molar-refractivity contribution < 1.29 is 21.6 Å². The molecule has 1 aromatic rings. The van der Waals surface area contributed by atoms with E-state index in [9.17, 15) is 21.6 Å². The van der Waals surface area contributed by atoms with Crippen molar-refractivity contribution >= 4 is 9.84 Å². The van der Waals surface area contributed by atoms with Crippen LogP contribution in [-0.2, 0) is 16.4 Å². The third-order valence-corrected chi connectivity index (χ3v) is 4.88. The first-order valence-electron chi connectivity index (χ1n) is 6.30. The van der Waals surface area contributed by atoms with Crippen LogP contribution in [0.3, 0.4) is 0 Å². The zero-order valence-corrected chi connectivity index (χ0v) is 11.6. The number of aromatic nitrogens is 2. The molecule has 0 spiro atoms. The molecular weight excluding hydrogens is 295 g/mol. The van der Waals surface area contributed by atoms with E-state index in [-0.39, 0.29) is 12.6 Å². The Hall–Kier alpha value is -1.09. The molecule has 1 atom stereocenters. The maximum atomic E-state index is 12.3. The molecule has 20 heavy (non-hydrogen) atoms. The van der Waals surface area contributed by atoms with Crippen LogP contribution in [-0.4, -0.2) is 53.5 Å². The number of hydrogen-bond acceptors (Lipinski definition) is 4. The molecule has 1 fully saturated rings. The Balaban J connectivity index is 1.92. The summed E-state index contributed by atoms with van der Waals surface area (Å²) < 4.78 is 60.7. The van der Waals surface area contributed by atoms with Gasteiger partial charge >= 0.3 is 5.51 Å². The summed E-state index contributed by atoms with van der Waals surface area (Å²) in [6.07, 6.45) is 5.11. The number of alkyl halides is 3. The molecule has 0 unspecified atom stereocenters. The molecule has 0 aromatic carbocycles. The molecule has 114 valence electrons. The number of hydrogen-bond donors (Lipinski definition) is 0. The Morgan fingerprint density at radius 1 is 1.35 bits per heavy atom. The molecule has 1 aromatic heterocycles. The predicted molar refractivity (Wildman–Crippen MR) is 66.7 cm³/mol. The van der Waals surface area contributed by atoms with Crippen LogP contribution < -0.4 is 0 Å². The molecule has 5 nitrogen and oxygen atoms in total. The summed E-state index contributed by atoms with van der Waals surface area (Å²) in [6.45, 7) is 1.10. The lowest BCUT2D eigenvalue weighted by molar-refractivity contribution is -0.0437. The predicted octanol–water partition coefficient (Wildman–Crippen LogP) is 1.28. The first-order valence-corrected chi connectivity index (χ1v) is 7.95. The van der Waals surface area contributed by atoms with Gasteiger partial charge in [-0.2, -0.15) is 18.3 Å². The summed E-state index contributed by atoms with van der Waals surface area (Å²) in [6, 6.07) is 1.81. The number of halogens is 3. The molecule has 0 amide bonds. The Labute approximate surface area is 115 Å². The molecule has 0 saturated carbocycles. The van der Waals surface area contributed by atoms with Gasteiger partial charge in [0.1, 0.15) is 0 Å². The number of sulfone groups is 1. The van der Waals surface area contributed by atoms with E-state index in [1.54, 1.807) is 28.0 Å². The molecule has 0 aliphatic carbocycles. The van der Waals surface area contributed by atoms with Crippen molar-refractivity contribution in [3.63, 3.8) is 0 Å². The van der Waals surface area contributed by atoms with Crippen LogP contribution in [0.1, 0.15) is 12.8 Å². The van der Waals surface area contributed by atoms with E-state index in [4.69, 9.17) is 0 Å². The highest BCUT2D eigenvalue weighted by atomic mass is 32.2. The molecule has 1 aliphatic heterocycles. The molecule has 1 aliphatic rings. The lowest BCUT2D eigenvalue weighted by Crippen LogP contribution is -2.39. The minimum Gasteiger partial charge on any atom is -0.298 e. The minimum atomic E-state index is -5.16. The Bertz CT molecular complexity index is 528. The second-order valence-electron chi connectivity index (χ2n) is 4.82. The second-order valence-corrected chi connectivity index (χ2v) is 6.93. The normalized spacial score (nSPS) is 21.4. The fourth-order valence-corrected chi connectivity index (χ4v) is 3.08. The fraction of sp³-hybridized carbons (Fsp3) is 0.727. The van der Waals surface area contributed by atoms with Gasteiger partial charge in [-0.1, -0.05) is 0 Å². The van der Waals surface area contributed by atoms with Crippen LogP contribution in [0.2, 0.25) is 0 Å². The number of likely N-dealkylation sites (tertiary alicyclic amines) is 1. The van der Waals surface area contributed by atoms with E-state index in [1.165, 1.54) is 0 Å². The Kier molecular flexibility index (Phi) is 4.38.